The second-order valence-electron chi connectivity index (χ2n) is 7.84. The Morgan fingerprint density at radius 2 is 1.81 bits per heavy atom. The number of carbonyl (C=O) groups is 1. The molecule has 2 aromatic heterocycles. The number of rotatable bonds is 3. The van der Waals surface area contributed by atoms with E-state index in [-0.39, 0.29) is 11.5 Å². The van der Waals surface area contributed by atoms with Crippen molar-refractivity contribution in [3.8, 4) is 11.5 Å². The summed E-state index contributed by atoms with van der Waals surface area (Å²) in [6.45, 7) is 5.40. The Kier molecular flexibility index (Phi) is 4.94. The van der Waals surface area contributed by atoms with Gasteiger partial charge in [-0.25, -0.2) is 14.8 Å². The minimum Gasteiger partial charge on any atom is -0.454 e. The summed E-state index contributed by atoms with van der Waals surface area (Å²) >= 11 is 0. The van der Waals surface area contributed by atoms with E-state index in [1.54, 1.807) is 39.0 Å². The molecule has 0 saturated carbocycles. The first-order chi connectivity index (χ1) is 14.7. The van der Waals surface area contributed by atoms with Crippen molar-refractivity contribution in [1.29, 1.82) is 0 Å². The van der Waals surface area contributed by atoms with Crippen LogP contribution < -0.4 is 21.3 Å². The van der Waals surface area contributed by atoms with E-state index in [0.717, 1.165) is 10.8 Å². The molecule has 0 saturated heterocycles. The lowest BCUT2D eigenvalue weighted by atomic mass is 10.1. The molecule has 158 valence electrons. The second-order valence-corrected chi connectivity index (χ2v) is 7.84. The van der Waals surface area contributed by atoms with Gasteiger partial charge in [-0.05, 0) is 32.9 Å². The fourth-order valence-electron chi connectivity index (χ4n) is 3.06. The van der Waals surface area contributed by atoms with E-state index >= 15 is 0 Å². The maximum atomic E-state index is 12.2. The van der Waals surface area contributed by atoms with E-state index in [0.29, 0.717) is 22.7 Å². The normalized spacial score (nSPS) is 11.5. The first-order valence-corrected chi connectivity index (χ1v) is 9.55. The first-order valence-electron chi connectivity index (χ1n) is 9.55. The Hall–Kier alpha value is -4.14. The number of hydrogen-bond acceptors (Lipinski definition) is 7. The minimum absolute atomic E-state index is 0.167. The SMILES string of the molecule is CC(C)(C)OC(=O)Nc1ccc(Oc2ccnc3nc(N)c(=O)[nH]c23)c2ccccc12. The molecule has 0 atom stereocenters. The van der Waals surface area contributed by atoms with Gasteiger partial charge in [0.1, 0.15) is 16.9 Å². The van der Waals surface area contributed by atoms with Crippen molar-refractivity contribution in [2.45, 2.75) is 26.4 Å². The van der Waals surface area contributed by atoms with E-state index in [9.17, 15) is 9.59 Å². The Bertz CT molecular complexity index is 1360. The van der Waals surface area contributed by atoms with Gasteiger partial charge in [0.15, 0.2) is 17.2 Å². The molecule has 0 aliphatic heterocycles. The molecule has 4 N–H and O–H groups in total. The van der Waals surface area contributed by atoms with E-state index in [4.69, 9.17) is 15.2 Å². The van der Waals surface area contributed by atoms with Crippen LogP contribution in [0, 0.1) is 0 Å². The third kappa shape index (κ3) is 4.25. The molecule has 31 heavy (non-hydrogen) atoms. The first kappa shape index (κ1) is 20.1. The average molecular weight is 419 g/mol. The minimum atomic E-state index is -0.611. The number of nitrogens with one attached hydrogen (secondary N) is 2. The molecule has 4 aromatic rings. The van der Waals surface area contributed by atoms with Gasteiger partial charge in [-0.15, -0.1) is 0 Å². The van der Waals surface area contributed by atoms with E-state index < -0.39 is 17.3 Å². The number of anilines is 2. The molecule has 1 amide bonds. The highest BCUT2D eigenvalue weighted by molar-refractivity contribution is 6.03. The molecule has 0 aliphatic carbocycles. The summed E-state index contributed by atoms with van der Waals surface area (Å²) in [5, 5.41) is 4.30. The molecule has 0 fully saturated rings. The van der Waals surface area contributed by atoms with Crippen molar-refractivity contribution >= 4 is 39.5 Å². The maximum Gasteiger partial charge on any atom is 0.412 e. The monoisotopic (exact) mass is 419 g/mol. The quantitative estimate of drug-likeness (QED) is 0.453. The topological polar surface area (TPSA) is 132 Å². The number of amides is 1. The number of hydrogen-bond donors (Lipinski definition) is 3. The molecule has 4 rings (SSSR count). The molecule has 9 nitrogen and oxygen atoms in total. The van der Waals surface area contributed by atoms with Gasteiger partial charge in [0.25, 0.3) is 5.56 Å². The van der Waals surface area contributed by atoms with E-state index in [1.165, 1.54) is 6.20 Å². The Morgan fingerprint density at radius 1 is 1.06 bits per heavy atom. The predicted molar refractivity (Wildman–Crippen MR) is 118 cm³/mol. The molecule has 0 aliphatic rings. The van der Waals surface area contributed by atoms with Crippen LogP contribution in [0.25, 0.3) is 21.9 Å². The lowest BCUT2D eigenvalue weighted by Crippen LogP contribution is -2.27. The van der Waals surface area contributed by atoms with Gasteiger partial charge in [0, 0.05) is 23.0 Å². The fourth-order valence-corrected chi connectivity index (χ4v) is 3.06. The molecule has 0 bridgehead atoms. The largest absolute Gasteiger partial charge is 0.454 e. The van der Waals surface area contributed by atoms with Crippen molar-refractivity contribution in [3.63, 3.8) is 0 Å². The summed E-state index contributed by atoms with van der Waals surface area (Å²) in [6, 6.07) is 12.5. The fraction of sp³-hybridized carbons (Fsp3) is 0.182. The van der Waals surface area contributed by atoms with Crippen LogP contribution in [0.2, 0.25) is 0 Å². The molecular formula is C22H21N5O4. The van der Waals surface area contributed by atoms with Gasteiger partial charge in [0.05, 0.1) is 5.69 Å². The summed E-state index contributed by atoms with van der Waals surface area (Å²) in [6.07, 6.45) is 0.968. The van der Waals surface area contributed by atoms with Gasteiger partial charge in [-0.3, -0.25) is 10.1 Å². The van der Waals surface area contributed by atoms with Gasteiger partial charge in [-0.2, -0.15) is 0 Å². The van der Waals surface area contributed by atoms with Crippen LogP contribution in [-0.4, -0.2) is 26.6 Å². The van der Waals surface area contributed by atoms with E-state index in [2.05, 4.69) is 20.3 Å². The number of benzene rings is 2. The Labute approximate surface area is 177 Å². The van der Waals surface area contributed by atoms with Crippen molar-refractivity contribution < 1.29 is 14.3 Å². The van der Waals surface area contributed by atoms with Gasteiger partial charge in [-0.1, -0.05) is 24.3 Å². The van der Waals surface area contributed by atoms with Crippen molar-refractivity contribution in [3.05, 3.63) is 59.0 Å². The highest BCUT2D eigenvalue weighted by atomic mass is 16.6. The van der Waals surface area contributed by atoms with Gasteiger partial charge >= 0.3 is 6.09 Å². The van der Waals surface area contributed by atoms with Crippen molar-refractivity contribution in [2.24, 2.45) is 0 Å². The van der Waals surface area contributed by atoms with Gasteiger partial charge in [0.2, 0.25) is 0 Å². The summed E-state index contributed by atoms with van der Waals surface area (Å²) in [4.78, 5) is 34.9. The zero-order valence-corrected chi connectivity index (χ0v) is 17.2. The summed E-state index contributed by atoms with van der Waals surface area (Å²) < 4.78 is 11.5. The number of nitrogens with two attached hydrogens (primary N) is 1. The molecule has 2 aromatic carbocycles. The molecule has 0 radical (unpaired) electrons. The number of ether oxygens (including phenoxy) is 2. The summed E-state index contributed by atoms with van der Waals surface area (Å²) in [7, 11) is 0. The van der Waals surface area contributed by atoms with E-state index in [1.807, 2.05) is 24.3 Å². The van der Waals surface area contributed by atoms with Crippen molar-refractivity contribution in [2.75, 3.05) is 11.1 Å². The summed E-state index contributed by atoms with van der Waals surface area (Å²) in [5.41, 5.74) is 5.63. The number of H-pyrrole nitrogens is 1. The van der Waals surface area contributed by atoms with Crippen LogP contribution in [0.5, 0.6) is 11.5 Å². The Morgan fingerprint density at radius 3 is 2.55 bits per heavy atom. The van der Waals surface area contributed by atoms with Crippen LogP contribution in [-0.2, 0) is 4.74 Å². The smallest absolute Gasteiger partial charge is 0.412 e. The molecule has 0 unspecified atom stereocenters. The third-order valence-corrected chi connectivity index (χ3v) is 4.33. The highest BCUT2D eigenvalue weighted by Gasteiger charge is 2.18. The number of aromatic nitrogens is 3. The third-order valence-electron chi connectivity index (χ3n) is 4.33. The van der Waals surface area contributed by atoms with Crippen LogP contribution in [0.3, 0.4) is 0 Å². The lowest BCUT2D eigenvalue weighted by molar-refractivity contribution is 0.0636. The molecule has 2 heterocycles. The van der Waals surface area contributed by atoms with Crippen molar-refractivity contribution in [1.82, 2.24) is 15.0 Å². The maximum absolute atomic E-state index is 12.2. The standard InChI is InChI=1S/C22H21N5O4/c1-22(2,3)31-21(29)25-14-8-9-15(13-7-5-4-6-12(13)14)30-16-10-11-24-19-17(16)26-20(28)18(23)27-19/h4-11H,1-3H3,(H,25,29)(H,26,28)(H2,23,24,27). The predicted octanol–water partition coefficient (Wildman–Crippen LogP) is 4.19. The number of aromatic amines is 1. The van der Waals surface area contributed by atoms with Crippen LogP contribution in [0.15, 0.2) is 53.5 Å². The molecule has 0 spiro atoms. The van der Waals surface area contributed by atoms with Crippen LogP contribution in [0.4, 0.5) is 16.3 Å². The number of nitrogen functional groups attached to an aromatic ring is 1. The number of fused-ring (bicyclic) bond motifs is 2. The van der Waals surface area contributed by atoms with Crippen LogP contribution in [0.1, 0.15) is 20.8 Å². The second kappa shape index (κ2) is 7.60. The highest BCUT2D eigenvalue weighted by Crippen LogP contribution is 2.35. The van der Waals surface area contributed by atoms with Crippen LogP contribution >= 0.6 is 0 Å². The summed E-state index contributed by atoms with van der Waals surface area (Å²) in [5.74, 6) is 0.725. The number of nitrogens with zero attached hydrogens (tertiary/aromatic N) is 2. The zero-order chi connectivity index (χ0) is 22.2. The molecule has 9 heteroatoms. The number of carbonyl (C=O) groups excluding carboxylic acids is 1. The van der Waals surface area contributed by atoms with Gasteiger partial charge < -0.3 is 20.2 Å². The lowest BCUT2D eigenvalue weighted by Gasteiger charge is -2.20. The molecular weight excluding hydrogens is 398 g/mol. The number of pyridine rings is 1. The average Bonchev–Trinajstić information content (AvgIpc) is 2.70. The zero-order valence-electron chi connectivity index (χ0n) is 17.2. The Balaban J connectivity index is 1.74.